The number of nitrogens with zero attached hydrogens (tertiary/aromatic N) is 4. The Balaban J connectivity index is 2.32. The second kappa shape index (κ2) is 4.88. The molecular formula is C6H9N7O. The summed E-state index contributed by atoms with van der Waals surface area (Å²) in [6.07, 6.45) is 0.00670. The van der Waals surface area contributed by atoms with Gasteiger partial charge in [-0.25, -0.2) is 0 Å². The molecule has 74 valence electrons. The van der Waals surface area contributed by atoms with Crippen LogP contribution in [0, 0.1) is 11.3 Å². The molecule has 0 aromatic carbocycles. The first-order valence-corrected chi connectivity index (χ1v) is 3.86. The van der Waals surface area contributed by atoms with Crippen molar-refractivity contribution in [2.24, 2.45) is 5.73 Å². The second-order valence-corrected chi connectivity index (χ2v) is 2.52. The lowest BCUT2D eigenvalue weighted by Crippen LogP contribution is -2.34. The highest BCUT2D eigenvalue weighted by Gasteiger charge is 2.12. The highest BCUT2D eigenvalue weighted by Crippen LogP contribution is 1.92. The van der Waals surface area contributed by atoms with Gasteiger partial charge in [0.1, 0.15) is 0 Å². The molecule has 1 rings (SSSR count). The molecule has 0 radical (unpaired) electrons. The second-order valence-electron chi connectivity index (χ2n) is 2.52. The molecule has 4 N–H and O–H groups in total. The first kappa shape index (κ1) is 10.1. The lowest BCUT2D eigenvalue weighted by atomic mass is 10.1. The van der Waals surface area contributed by atoms with E-state index in [-0.39, 0.29) is 24.7 Å². The summed E-state index contributed by atoms with van der Waals surface area (Å²) in [5, 5.41) is 23.6. The van der Waals surface area contributed by atoms with Gasteiger partial charge in [0.15, 0.2) is 5.78 Å². The van der Waals surface area contributed by atoms with E-state index < -0.39 is 6.04 Å². The first-order chi connectivity index (χ1) is 6.74. The number of H-pyrrole nitrogens is 1. The van der Waals surface area contributed by atoms with Crippen LogP contribution in [0.25, 0.3) is 0 Å². The van der Waals surface area contributed by atoms with Gasteiger partial charge in [0.25, 0.3) is 5.95 Å². The van der Waals surface area contributed by atoms with E-state index in [0.29, 0.717) is 0 Å². The van der Waals surface area contributed by atoms with E-state index in [1.54, 1.807) is 0 Å². The third-order valence-corrected chi connectivity index (χ3v) is 1.49. The maximum Gasteiger partial charge on any atom is 0.263 e. The fourth-order valence-corrected chi connectivity index (χ4v) is 0.746. The number of nitrogens with two attached hydrogens (primary N) is 1. The number of nitriles is 1. The van der Waals surface area contributed by atoms with Gasteiger partial charge in [-0.2, -0.15) is 10.5 Å². The predicted molar refractivity (Wildman–Crippen MR) is 45.9 cm³/mol. The topological polar surface area (TPSA) is 133 Å². The normalized spacial score (nSPS) is 11.7. The number of aromatic nitrogens is 4. The third-order valence-electron chi connectivity index (χ3n) is 1.49. The number of carbonyl (C=O) groups is 1. The Kier molecular flexibility index (Phi) is 3.51. The number of ketones is 1. The number of nitrogens with one attached hydrogen (secondary N) is 2. The van der Waals surface area contributed by atoms with Gasteiger partial charge in [-0.3, -0.25) is 4.79 Å². The Bertz CT molecular complexity index is 326. The van der Waals surface area contributed by atoms with Crippen LogP contribution in [-0.4, -0.2) is 39.0 Å². The quantitative estimate of drug-likeness (QED) is 0.516. The minimum atomic E-state index is -0.764. The molecule has 1 heterocycles. The number of carbonyl (C=O) groups excluding carboxylic acids is 1. The van der Waals surface area contributed by atoms with Gasteiger partial charge >= 0.3 is 0 Å². The Morgan fingerprint density at radius 3 is 3.14 bits per heavy atom. The summed E-state index contributed by atoms with van der Waals surface area (Å²) < 4.78 is 0. The minimum Gasteiger partial charge on any atom is -0.344 e. The van der Waals surface area contributed by atoms with E-state index in [0.717, 1.165) is 0 Å². The van der Waals surface area contributed by atoms with Crippen molar-refractivity contribution >= 4 is 11.7 Å². The van der Waals surface area contributed by atoms with Gasteiger partial charge in [-0.1, -0.05) is 5.10 Å². The zero-order chi connectivity index (χ0) is 10.4. The summed E-state index contributed by atoms with van der Waals surface area (Å²) in [5.74, 6) is -0.0427. The van der Waals surface area contributed by atoms with Crippen molar-refractivity contribution in [2.75, 3.05) is 11.9 Å². The average Bonchev–Trinajstić information content (AvgIpc) is 2.67. The van der Waals surface area contributed by atoms with Crippen LogP contribution in [0.2, 0.25) is 0 Å². The maximum atomic E-state index is 11.2. The van der Waals surface area contributed by atoms with E-state index in [1.807, 2.05) is 6.07 Å². The van der Waals surface area contributed by atoms with E-state index >= 15 is 0 Å². The molecule has 1 atom stereocenters. The van der Waals surface area contributed by atoms with Gasteiger partial charge in [0.2, 0.25) is 0 Å². The van der Waals surface area contributed by atoms with Crippen molar-refractivity contribution < 1.29 is 4.79 Å². The lowest BCUT2D eigenvalue weighted by Gasteiger charge is -2.05. The number of tetrazole rings is 1. The maximum absolute atomic E-state index is 11.2. The number of rotatable bonds is 5. The molecule has 0 bridgehead atoms. The molecular weight excluding hydrogens is 186 g/mol. The number of aromatic amines is 1. The van der Waals surface area contributed by atoms with E-state index in [4.69, 9.17) is 11.0 Å². The molecule has 0 spiro atoms. The number of hydrogen-bond donors (Lipinski definition) is 3. The van der Waals surface area contributed by atoms with Crippen molar-refractivity contribution in [1.82, 2.24) is 20.6 Å². The third kappa shape index (κ3) is 2.80. The Hall–Kier alpha value is -2.01. The summed E-state index contributed by atoms with van der Waals surface area (Å²) in [6.45, 7) is -0.0115. The van der Waals surface area contributed by atoms with Crippen molar-refractivity contribution in [3.05, 3.63) is 0 Å². The van der Waals surface area contributed by atoms with Crippen LogP contribution in [0.15, 0.2) is 0 Å². The minimum absolute atomic E-state index is 0.00670. The summed E-state index contributed by atoms with van der Waals surface area (Å²) >= 11 is 0. The largest absolute Gasteiger partial charge is 0.344 e. The average molecular weight is 195 g/mol. The smallest absolute Gasteiger partial charge is 0.263 e. The van der Waals surface area contributed by atoms with Crippen LogP contribution < -0.4 is 11.1 Å². The summed E-state index contributed by atoms with van der Waals surface area (Å²) in [5.41, 5.74) is 5.39. The fraction of sp³-hybridized carbons (Fsp3) is 0.500. The Labute approximate surface area is 79.5 Å². The molecule has 14 heavy (non-hydrogen) atoms. The zero-order valence-corrected chi connectivity index (χ0v) is 7.27. The molecule has 1 aromatic heterocycles. The molecule has 0 fully saturated rings. The summed E-state index contributed by atoms with van der Waals surface area (Å²) in [4.78, 5) is 11.2. The molecule has 0 aliphatic heterocycles. The number of hydrogen-bond acceptors (Lipinski definition) is 7. The van der Waals surface area contributed by atoms with Crippen molar-refractivity contribution in [2.45, 2.75) is 12.5 Å². The van der Waals surface area contributed by atoms with Crippen LogP contribution in [0.4, 0.5) is 5.95 Å². The van der Waals surface area contributed by atoms with Crippen LogP contribution in [-0.2, 0) is 4.79 Å². The van der Waals surface area contributed by atoms with Crippen LogP contribution in [0.1, 0.15) is 6.42 Å². The SMILES string of the molecule is N#CC[C@H](N)C(=O)CNc1nn[nH]n1. The fourth-order valence-electron chi connectivity index (χ4n) is 0.746. The molecule has 8 nitrogen and oxygen atoms in total. The monoisotopic (exact) mass is 195 g/mol. The van der Waals surface area contributed by atoms with Crippen molar-refractivity contribution in [3.8, 4) is 6.07 Å². The van der Waals surface area contributed by atoms with Gasteiger partial charge < -0.3 is 11.1 Å². The summed E-state index contributed by atoms with van der Waals surface area (Å²) in [7, 11) is 0. The number of Topliss-reactive ketones (excluding diaryl/α,β-unsaturated/α-hetero) is 1. The lowest BCUT2D eigenvalue weighted by molar-refractivity contribution is -0.118. The van der Waals surface area contributed by atoms with E-state index in [1.165, 1.54) is 0 Å². The van der Waals surface area contributed by atoms with Crippen LogP contribution in [0.5, 0.6) is 0 Å². The molecule has 0 saturated carbocycles. The zero-order valence-electron chi connectivity index (χ0n) is 7.27. The predicted octanol–water partition coefficient (Wildman–Crippen LogP) is -1.58. The molecule has 1 aromatic rings. The Morgan fingerprint density at radius 1 is 1.79 bits per heavy atom. The standard InChI is InChI=1S/C6H9N7O/c7-2-1-4(8)5(14)3-9-6-10-12-13-11-6/h4H,1,3,8H2,(H2,9,10,11,12,13)/t4-/m0/s1. The molecule has 0 saturated heterocycles. The van der Waals surface area contributed by atoms with Gasteiger partial charge in [0, 0.05) is 0 Å². The van der Waals surface area contributed by atoms with E-state index in [9.17, 15) is 4.79 Å². The highest BCUT2D eigenvalue weighted by atomic mass is 16.1. The molecule has 8 heteroatoms. The molecule has 0 unspecified atom stereocenters. The van der Waals surface area contributed by atoms with E-state index in [2.05, 4.69) is 25.9 Å². The number of anilines is 1. The van der Waals surface area contributed by atoms with Crippen molar-refractivity contribution in [1.29, 1.82) is 5.26 Å². The van der Waals surface area contributed by atoms with Crippen LogP contribution in [0.3, 0.4) is 0 Å². The van der Waals surface area contributed by atoms with Gasteiger partial charge in [-0.15, -0.1) is 5.10 Å². The molecule has 0 aliphatic carbocycles. The molecule has 0 amide bonds. The van der Waals surface area contributed by atoms with Crippen molar-refractivity contribution in [3.63, 3.8) is 0 Å². The van der Waals surface area contributed by atoms with Gasteiger partial charge in [-0.05, 0) is 5.21 Å². The highest BCUT2D eigenvalue weighted by molar-refractivity contribution is 5.87. The van der Waals surface area contributed by atoms with Gasteiger partial charge in [0.05, 0.1) is 25.1 Å². The van der Waals surface area contributed by atoms with Crippen LogP contribution >= 0.6 is 0 Å². The summed E-state index contributed by atoms with van der Waals surface area (Å²) in [6, 6.07) is 1.05. The first-order valence-electron chi connectivity index (χ1n) is 3.86. The molecule has 0 aliphatic rings. The Morgan fingerprint density at radius 2 is 2.57 bits per heavy atom.